The molecule has 1 saturated heterocycles. The van der Waals surface area contributed by atoms with Gasteiger partial charge in [0.15, 0.2) is 0 Å². The zero-order chi connectivity index (χ0) is 16.8. The van der Waals surface area contributed by atoms with Crippen molar-refractivity contribution in [1.29, 1.82) is 0 Å². The predicted molar refractivity (Wildman–Crippen MR) is 92.4 cm³/mol. The summed E-state index contributed by atoms with van der Waals surface area (Å²) < 4.78 is 0. The summed E-state index contributed by atoms with van der Waals surface area (Å²) in [5.41, 5.74) is 2.08. The molecule has 2 atom stereocenters. The fourth-order valence-corrected chi connectivity index (χ4v) is 3.01. The lowest BCUT2D eigenvalue weighted by Gasteiger charge is -2.20. The van der Waals surface area contributed by atoms with Gasteiger partial charge in [-0.2, -0.15) is 0 Å². The molecule has 1 aliphatic heterocycles. The van der Waals surface area contributed by atoms with Gasteiger partial charge >= 0.3 is 0 Å². The van der Waals surface area contributed by atoms with Gasteiger partial charge in [0.05, 0.1) is 5.92 Å². The average molecular weight is 317 g/mol. The molecule has 1 unspecified atom stereocenters. The molecule has 1 heterocycles. The Bertz CT molecular complexity index is 559. The van der Waals surface area contributed by atoms with Crippen molar-refractivity contribution >= 4 is 17.5 Å². The Morgan fingerprint density at radius 1 is 1.35 bits per heavy atom. The second-order valence-electron chi connectivity index (χ2n) is 6.09. The van der Waals surface area contributed by atoms with Crippen molar-refractivity contribution in [2.24, 2.45) is 5.92 Å². The zero-order valence-electron chi connectivity index (χ0n) is 14.3. The Hall–Kier alpha value is -1.88. The Kier molecular flexibility index (Phi) is 6.16. The Labute approximate surface area is 138 Å². The summed E-state index contributed by atoms with van der Waals surface area (Å²) >= 11 is 0. The van der Waals surface area contributed by atoms with Gasteiger partial charge in [0, 0.05) is 31.2 Å². The smallest absolute Gasteiger partial charge is 0.227 e. The standard InChI is InChI=1S/C18H27N3O2/c1-4-14-8-6-7-9-16(14)21-12-15(10-17(21)22)18(23)20-11-13(3)19-5-2/h6-9,13,15,19H,4-5,10-12H2,1-3H3,(H,20,23)/t13-,15?/m1/s1. The molecule has 0 spiro atoms. The molecule has 1 aromatic rings. The van der Waals surface area contributed by atoms with Crippen molar-refractivity contribution in [2.45, 2.75) is 39.7 Å². The number of carbonyl (C=O) groups excluding carboxylic acids is 2. The number of nitrogens with zero attached hydrogens (tertiary/aromatic N) is 1. The summed E-state index contributed by atoms with van der Waals surface area (Å²) in [5, 5.41) is 6.21. The van der Waals surface area contributed by atoms with Crippen LogP contribution in [0.3, 0.4) is 0 Å². The lowest BCUT2D eigenvalue weighted by molar-refractivity contribution is -0.126. The number of nitrogens with one attached hydrogen (secondary N) is 2. The number of carbonyl (C=O) groups is 2. The minimum Gasteiger partial charge on any atom is -0.354 e. The number of anilines is 1. The molecule has 5 heteroatoms. The van der Waals surface area contributed by atoms with Crippen LogP contribution in [0.15, 0.2) is 24.3 Å². The van der Waals surface area contributed by atoms with Crippen LogP contribution in [0.25, 0.3) is 0 Å². The first-order valence-corrected chi connectivity index (χ1v) is 8.46. The fourth-order valence-electron chi connectivity index (χ4n) is 3.01. The van der Waals surface area contributed by atoms with Gasteiger partial charge in [0.1, 0.15) is 0 Å². The van der Waals surface area contributed by atoms with Crippen molar-refractivity contribution in [3.05, 3.63) is 29.8 Å². The van der Waals surface area contributed by atoms with Gasteiger partial charge in [0.2, 0.25) is 11.8 Å². The van der Waals surface area contributed by atoms with Crippen LogP contribution in [0.1, 0.15) is 32.8 Å². The number of hydrogen-bond acceptors (Lipinski definition) is 3. The van der Waals surface area contributed by atoms with Crippen molar-refractivity contribution in [1.82, 2.24) is 10.6 Å². The number of likely N-dealkylation sites (N-methyl/N-ethyl adjacent to an activating group) is 1. The third-order valence-electron chi connectivity index (χ3n) is 4.29. The molecule has 1 aliphatic rings. The molecule has 5 nitrogen and oxygen atoms in total. The number of para-hydroxylation sites is 1. The first-order chi connectivity index (χ1) is 11.1. The van der Waals surface area contributed by atoms with Crippen molar-refractivity contribution < 1.29 is 9.59 Å². The Balaban J connectivity index is 1.98. The normalized spacial score (nSPS) is 19.0. The van der Waals surface area contributed by atoms with Crippen molar-refractivity contribution in [3.63, 3.8) is 0 Å². The topological polar surface area (TPSA) is 61.4 Å². The number of hydrogen-bond donors (Lipinski definition) is 2. The van der Waals surface area contributed by atoms with Gasteiger partial charge in [-0.25, -0.2) is 0 Å². The quantitative estimate of drug-likeness (QED) is 0.805. The maximum absolute atomic E-state index is 12.3. The van der Waals surface area contributed by atoms with Crippen LogP contribution in [-0.4, -0.2) is 37.5 Å². The van der Waals surface area contributed by atoms with E-state index in [9.17, 15) is 9.59 Å². The van der Waals surface area contributed by atoms with E-state index >= 15 is 0 Å². The third kappa shape index (κ3) is 4.32. The van der Waals surface area contributed by atoms with Crippen LogP contribution >= 0.6 is 0 Å². The lowest BCUT2D eigenvalue weighted by Crippen LogP contribution is -2.41. The molecule has 2 amide bonds. The average Bonchev–Trinajstić information content (AvgIpc) is 2.94. The molecule has 0 aromatic heterocycles. The van der Waals surface area contributed by atoms with Crippen LogP contribution in [0, 0.1) is 5.92 Å². The molecule has 0 bridgehead atoms. The fraction of sp³-hybridized carbons (Fsp3) is 0.556. The monoisotopic (exact) mass is 317 g/mol. The molecule has 2 rings (SSSR count). The number of rotatable bonds is 7. The molecular formula is C18H27N3O2. The van der Waals surface area contributed by atoms with Crippen LogP contribution < -0.4 is 15.5 Å². The van der Waals surface area contributed by atoms with E-state index in [0.717, 1.165) is 24.2 Å². The highest BCUT2D eigenvalue weighted by Gasteiger charge is 2.35. The highest BCUT2D eigenvalue weighted by Crippen LogP contribution is 2.28. The summed E-state index contributed by atoms with van der Waals surface area (Å²) in [5.74, 6) is -0.258. The summed E-state index contributed by atoms with van der Waals surface area (Å²) in [6, 6.07) is 8.15. The summed E-state index contributed by atoms with van der Waals surface area (Å²) in [6.07, 6.45) is 1.16. The highest BCUT2D eigenvalue weighted by atomic mass is 16.2. The van der Waals surface area contributed by atoms with Gasteiger partial charge in [0.25, 0.3) is 0 Å². The molecular weight excluding hydrogens is 290 g/mol. The minimum atomic E-state index is -0.263. The van der Waals surface area contributed by atoms with E-state index in [0.29, 0.717) is 19.5 Å². The molecule has 1 fully saturated rings. The summed E-state index contributed by atoms with van der Waals surface area (Å²) in [6.45, 7) is 8.08. The van der Waals surface area contributed by atoms with E-state index in [2.05, 4.69) is 17.6 Å². The van der Waals surface area contributed by atoms with Gasteiger partial charge in [-0.3, -0.25) is 9.59 Å². The van der Waals surface area contributed by atoms with E-state index in [-0.39, 0.29) is 23.8 Å². The molecule has 0 saturated carbocycles. The predicted octanol–water partition coefficient (Wildman–Crippen LogP) is 1.72. The number of aryl methyl sites for hydroxylation is 1. The molecule has 0 radical (unpaired) electrons. The minimum absolute atomic E-state index is 0.0282. The SMILES string of the molecule is CCN[C@H](C)CNC(=O)C1CC(=O)N(c2ccccc2CC)C1. The van der Waals surface area contributed by atoms with E-state index in [4.69, 9.17) is 0 Å². The van der Waals surface area contributed by atoms with Gasteiger partial charge in [-0.05, 0) is 31.5 Å². The number of benzene rings is 1. The largest absolute Gasteiger partial charge is 0.354 e. The van der Waals surface area contributed by atoms with Gasteiger partial charge < -0.3 is 15.5 Å². The second kappa shape index (κ2) is 8.11. The second-order valence-corrected chi connectivity index (χ2v) is 6.09. The van der Waals surface area contributed by atoms with Crippen molar-refractivity contribution in [2.75, 3.05) is 24.5 Å². The maximum atomic E-state index is 12.3. The van der Waals surface area contributed by atoms with Gasteiger partial charge in [-0.15, -0.1) is 0 Å². The van der Waals surface area contributed by atoms with Crippen molar-refractivity contribution in [3.8, 4) is 0 Å². The molecule has 23 heavy (non-hydrogen) atoms. The Morgan fingerprint density at radius 2 is 2.09 bits per heavy atom. The number of amides is 2. The van der Waals surface area contributed by atoms with E-state index in [1.807, 2.05) is 38.1 Å². The summed E-state index contributed by atoms with van der Waals surface area (Å²) in [7, 11) is 0. The van der Waals surface area contributed by atoms with E-state index < -0.39 is 0 Å². The molecule has 2 N–H and O–H groups in total. The lowest BCUT2D eigenvalue weighted by atomic mass is 10.1. The van der Waals surface area contributed by atoms with Gasteiger partial charge in [-0.1, -0.05) is 32.0 Å². The highest BCUT2D eigenvalue weighted by molar-refractivity contribution is 6.00. The van der Waals surface area contributed by atoms with Crippen LogP contribution in [0.5, 0.6) is 0 Å². The molecule has 0 aliphatic carbocycles. The van der Waals surface area contributed by atoms with E-state index in [1.165, 1.54) is 0 Å². The zero-order valence-corrected chi connectivity index (χ0v) is 14.3. The molecule has 1 aromatic carbocycles. The maximum Gasteiger partial charge on any atom is 0.227 e. The molecule has 126 valence electrons. The first-order valence-electron chi connectivity index (χ1n) is 8.46. The third-order valence-corrected chi connectivity index (χ3v) is 4.29. The van der Waals surface area contributed by atoms with Crippen LogP contribution in [-0.2, 0) is 16.0 Å². The van der Waals surface area contributed by atoms with Crippen LogP contribution in [0.4, 0.5) is 5.69 Å². The van der Waals surface area contributed by atoms with E-state index in [1.54, 1.807) is 4.90 Å². The van der Waals surface area contributed by atoms with Crippen LogP contribution in [0.2, 0.25) is 0 Å². The summed E-state index contributed by atoms with van der Waals surface area (Å²) in [4.78, 5) is 26.4. The Morgan fingerprint density at radius 3 is 2.78 bits per heavy atom. The first kappa shape index (κ1) is 17.5.